The van der Waals surface area contributed by atoms with Gasteiger partial charge in [-0.2, -0.15) is 0 Å². The fourth-order valence-corrected chi connectivity index (χ4v) is 1.34. The van der Waals surface area contributed by atoms with Crippen LogP contribution < -0.4 is 5.32 Å². The monoisotopic (exact) mass is 188 g/mol. The van der Waals surface area contributed by atoms with Gasteiger partial charge in [0.25, 0.3) is 6.47 Å². The van der Waals surface area contributed by atoms with E-state index in [1.807, 2.05) is 0 Å². The number of carboxylic acid groups (broad SMARTS) is 1. The molecule has 0 atom stereocenters. The number of nitrogens with zero attached hydrogens (tertiary/aromatic N) is 1. The lowest BCUT2D eigenvalue weighted by atomic mass is 10.1. The molecule has 0 aliphatic carbocycles. The van der Waals surface area contributed by atoms with Crippen LogP contribution in [0.1, 0.15) is 20.8 Å². The average Bonchev–Trinajstić information content (AvgIpc) is 2.06. The van der Waals surface area contributed by atoms with Crippen molar-refractivity contribution in [2.24, 2.45) is 0 Å². The summed E-state index contributed by atoms with van der Waals surface area (Å²) >= 11 is 0. The van der Waals surface area contributed by atoms with E-state index in [-0.39, 0.29) is 6.47 Å². The molecule has 0 unspecified atom stereocenters. The minimum absolute atomic E-state index is 0.250. The molecule has 1 aliphatic rings. The van der Waals surface area contributed by atoms with Crippen molar-refractivity contribution in [1.82, 2.24) is 10.2 Å². The van der Waals surface area contributed by atoms with E-state index in [1.165, 1.54) is 13.1 Å². The summed E-state index contributed by atoms with van der Waals surface area (Å²) in [6.07, 6.45) is 0. The topological polar surface area (TPSA) is 52.6 Å². The van der Waals surface area contributed by atoms with Gasteiger partial charge in [0.2, 0.25) is 0 Å². The van der Waals surface area contributed by atoms with E-state index in [1.54, 1.807) is 0 Å². The molecular formula is C9H20N2O2. The summed E-state index contributed by atoms with van der Waals surface area (Å²) in [5, 5.41) is 10.2. The Morgan fingerprint density at radius 1 is 1.31 bits per heavy atom. The molecule has 13 heavy (non-hydrogen) atoms. The highest BCUT2D eigenvalue weighted by Crippen LogP contribution is 2.12. The van der Waals surface area contributed by atoms with E-state index in [2.05, 4.69) is 31.0 Å². The van der Waals surface area contributed by atoms with E-state index >= 15 is 0 Å². The normalized spacial score (nSPS) is 18.7. The largest absolute Gasteiger partial charge is 0.483 e. The van der Waals surface area contributed by atoms with Gasteiger partial charge < -0.3 is 10.4 Å². The van der Waals surface area contributed by atoms with Crippen molar-refractivity contribution in [2.75, 3.05) is 26.2 Å². The number of rotatable bonds is 0. The fourth-order valence-electron chi connectivity index (χ4n) is 1.34. The van der Waals surface area contributed by atoms with E-state index in [4.69, 9.17) is 9.90 Å². The van der Waals surface area contributed by atoms with Crippen molar-refractivity contribution >= 4 is 6.47 Å². The van der Waals surface area contributed by atoms with Crippen molar-refractivity contribution < 1.29 is 9.90 Å². The molecule has 0 spiro atoms. The molecule has 0 amide bonds. The highest BCUT2D eigenvalue weighted by Gasteiger charge is 2.21. The number of hydrogen-bond donors (Lipinski definition) is 2. The van der Waals surface area contributed by atoms with Crippen molar-refractivity contribution in [3.63, 3.8) is 0 Å². The van der Waals surface area contributed by atoms with Crippen LogP contribution in [0.5, 0.6) is 0 Å². The number of nitrogens with one attached hydrogen (secondary N) is 1. The summed E-state index contributed by atoms with van der Waals surface area (Å²) in [6.45, 7) is 11.3. The SMILES string of the molecule is CC(C)(C)N1CCNCC1.O=CO. The molecule has 1 aliphatic heterocycles. The van der Waals surface area contributed by atoms with E-state index in [0.29, 0.717) is 5.54 Å². The van der Waals surface area contributed by atoms with Crippen LogP contribution in [0.3, 0.4) is 0 Å². The average molecular weight is 188 g/mol. The highest BCUT2D eigenvalue weighted by atomic mass is 16.3. The predicted octanol–water partition coefficient (Wildman–Crippen LogP) is 0.391. The minimum atomic E-state index is -0.250. The smallest absolute Gasteiger partial charge is 0.290 e. The van der Waals surface area contributed by atoms with Crippen LogP contribution in [0.4, 0.5) is 0 Å². The van der Waals surface area contributed by atoms with Gasteiger partial charge in [0, 0.05) is 31.7 Å². The minimum Gasteiger partial charge on any atom is -0.483 e. The molecule has 0 aromatic carbocycles. The highest BCUT2D eigenvalue weighted by molar-refractivity contribution is 5.32. The first kappa shape index (κ1) is 12.4. The Morgan fingerprint density at radius 2 is 1.69 bits per heavy atom. The zero-order valence-corrected chi connectivity index (χ0v) is 8.71. The molecule has 0 radical (unpaired) electrons. The maximum absolute atomic E-state index is 8.36. The lowest BCUT2D eigenvalue weighted by Crippen LogP contribution is -2.51. The van der Waals surface area contributed by atoms with Gasteiger partial charge in [0.05, 0.1) is 0 Å². The standard InChI is InChI=1S/C8H18N2.CH2O2/c1-8(2,3)10-6-4-9-5-7-10;2-1-3/h9H,4-7H2,1-3H3;1H,(H,2,3). The number of piperazine rings is 1. The van der Waals surface area contributed by atoms with Gasteiger partial charge in [-0.25, -0.2) is 0 Å². The van der Waals surface area contributed by atoms with Gasteiger partial charge in [-0.3, -0.25) is 9.69 Å². The van der Waals surface area contributed by atoms with Gasteiger partial charge in [0.15, 0.2) is 0 Å². The summed E-state index contributed by atoms with van der Waals surface area (Å²) in [5.41, 5.74) is 0.363. The van der Waals surface area contributed by atoms with E-state index in [0.717, 1.165) is 13.1 Å². The number of hydrogen-bond acceptors (Lipinski definition) is 3. The summed E-state index contributed by atoms with van der Waals surface area (Å²) in [5.74, 6) is 0. The molecule has 1 heterocycles. The maximum Gasteiger partial charge on any atom is 0.290 e. The molecule has 1 saturated heterocycles. The molecule has 4 nitrogen and oxygen atoms in total. The first-order valence-corrected chi connectivity index (χ1v) is 4.56. The number of carbonyl (C=O) groups is 1. The molecule has 0 saturated carbocycles. The van der Waals surface area contributed by atoms with Crippen molar-refractivity contribution in [3.8, 4) is 0 Å². The Morgan fingerprint density at radius 3 is 1.92 bits per heavy atom. The third-order valence-corrected chi connectivity index (χ3v) is 2.07. The molecule has 78 valence electrons. The van der Waals surface area contributed by atoms with Crippen molar-refractivity contribution in [1.29, 1.82) is 0 Å². The molecule has 1 fully saturated rings. The Balaban J connectivity index is 0.000000424. The fraction of sp³-hybridized carbons (Fsp3) is 0.889. The lowest BCUT2D eigenvalue weighted by molar-refractivity contribution is -0.122. The van der Waals surface area contributed by atoms with Gasteiger partial charge in [0.1, 0.15) is 0 Å². The van der Waals surface area contributed by atoms with Crippen LogP contribution >= 0.6 is 0 Å². The van der Waals surface area contributed by atoms with Crippen LogP contribution in [0.15, 0.2) is 0 Å². The summed E-state index contributed by atoms with van der Waals surface area (Å²) in [4.78, 5) is 10.9. The molecule has 0 aromatic rings. The molecular weight excluding hydrogens is 168 g/mol. The predicted molar refractivity (Wildman–Crippen MR) is 52.9 cm³/mol. The molecule has 0 bridgehead atoms. The summed E-state index contributed by atoms with van der Waals surface area (Å²) in [7, 11) is 0. The van der Waals surface area contributed by atoms with Crippen LogP contribution in [0.25, 0.3) is 0 Å². The van der Waals surface area contributed by atoms with E-state index in [9.17, 15) is 0 Å². The van der Waals surface area contributed by atoms with Gasteiger partial charge in [-0.05, 0) is 20.8 Å². The Hall–Kier alpha value is -0.610. The zero-order valence-electron chi connectivity index (χ0n) is 8.71. The second kappa shape index (κ2) is 5.94. The third kappa shape index (κ3) is 5.60. The summed E-state index contributed by atoms with van der Waals surface area (Å²) < 4.78 is 0. The maximum atomic E-state index is 8.36. The summed E-state index contributed by atoms with van der Waals surface area (Å²) in [6, 6.07) is 0. The second-order valence-electron chi connectivity index (χ2n) is 4.01. The Kier molecular flexibility index (Phi) is 5.66. The van der Waals surface area contributed by atoms with Crippen LogP contribution in [0, 0.1) is 0 Å². The Labute approximate surface area is 79.9 Å². The van der Waals surface area contributed by atoms with Gasteiger partial charge >= 0.3 is 0 Å². The van der Waals surface area contributed by atoms with Crippen LogP contribution in [-0.4, -0.2) is 48.2 Å². The Bertz CT molecular complexity index is 137. The second-order valence-corrected chi connectivity index (χ2v) is 4.01. The first-order chi connectivity index (χ1) is 6.02. The molecule has 2 N–H and O–H groups in total. The van der Waals surface area contributed by atoms with Crippen molar-refractivity contribution in [3.05, 3.63) is 0 Å². The molecule has 1 rings (SSSR count). The van der Waals surface area contributed by atoms with Crippen LogP contribution in [-0.2, 0) is 4.79 Å². The lowest BCUT2D eigenvalue weighted by Gasteiger charge is -2.38. The third-order valence-electron chi connectivity index (χ3n) is 2.07. The van der Waals surface area contributed by atoms with Gasteiger partial charge in [-0.15, -0.1) is 0 Å². The zero-order chi connectivity index (χ0) is 10.3. The first-order valence-electron chi connectivity index (χ1n) is 4.56. The van der Waals surface area contributed by atoms with E-state index < -0.39 is 0 Å². The molecule has 4 heteroatoms. The van der Waals surface area contributed by atoms with Crippen molar-refractivity contribution in [2.45, 2.75) is 26.3 Å². The van der Waals surface area contributed by atoms with Crippen LogP contribution in [0.2, 0.25) is 0 Å². The van der Waals surface area contributed by atoms with Gasteiger partial charge in [-0.1, -0.05) is 0 Å². The quantitative estimate of drug-likeness (QED) is 0.540. The molecule has 0 aromatic heterocycles.